The van der Waals surface area contributed by atoms with Gasteiger partial charge in [-0.3, -0.25) is 14.7 Å². The smallest absolute Gasteiger partial charge is 0.234 e. The predicted molar refractivity (Wildman–Crippen MR) is 113 cm³/mol. The van der Waals surface area contributed by atoms with E-state index in [0.717, 1.165) is 44.3 Å². The number of hydrogen-bond acceptors (Lipinski definition) is 5. The van der Waals surface area contributed by atoms with Gasteiger partial charge in [0, 0.05) is 58.8 Å². The molecule has 2 heterocycles. The minimum absolute atomic E-state index is 0.0620. The Bertz CT molecular complexity index is 620. The molecule has 1 saturated carbocycles. The Kier molecular flexibility index (Phi) is 8.82. The summed E-state index contributed by atoms with van der Waals surface area (Å²) >= 11 is 0. The number of methoxy groups -OCH3 is 1. The normalized spacial score (nSPS) is 18.9. The number of furan rings is 1. The Balaban J connectivity index is 1.48. The van der Waals surface area contributed by atoms with Crippen LogP contribution in [0.4, 0.5) is 0 Å². The number of hydrogen-bond donors (Lipinski definition) is 2. The summed E-state index contributed by atoms with van der Waals surface area (Å²) in [4.78, 5) is 21.4. The molecule has 2 N–H and O–H groups in total. The molecule has 8 heteroatoms. The van der Waals surface area contributed by atoms with E-state index in [4.69, 9.17) is 14.1 Å². The second kappa shape index (κ2) is 11.8. The van der Waals surface area contributed by atoms with E-state index in [-0.39, 0.29) is 5.91 Å². The van der Waals surface area contributed by atoms with Crippen molar-refractivity contribution in [1.82, 2.24) is 20.4 Å². The number of amides is 1. The molecule has 0 spiro atoms. The number of guanidine groups is 1. The van der Waals surface area contributed by atoms with Gasteiger partial charge in [0.1, 0.15) is 5.76 Å². The van der Waals surface area contributed by atoms with Crippen molar-refractivity contribution in [3.8, 4) is 0 Å². The molecular weight excluding hydrogens is 370 g/mol. The Morgan fingerprint density at radius 2 is 2.07 bits per heavy atom. The zero-order valence-electron chi connectivity index (χ0n) is 17.6. The summed E-state index contributed by atoms with van der Waals surface area (Å²) in [6.07, 6.45) is 7.55. The van der Waals surface area contributed by atoms with Crippen LogP contribution in [0.25, 0.3) is 0 Å². The van der Waals surface area contributed by atoms with Gasteiger partial charge in [-0.25, -0.2) is 0 Å². The second-order valence-electron chi connectivity index (χ2n) is 7.77. The zero-order valence-corrected chi connectivity index (χ0v) is 17.6. The fourth-order valence-corrected chi connectivity index (χ4v) is 3.89. The van der Waals surface area contributed by atoms with Crippen LogP contribution in [0.2, 0.25) is 0 Å². The first-order valence-electron chi connectivity index (χ1n) is 10.8. The standard InChI is InChI=1S/C21H35N5O3/c1-28-16-10-22-20(27)17-25-11-13-26(14-12-25)21(24-18-5-2-3-6-18)23-9-8-19-7-4-15-29-19/h4,7,15,18H,2-3,5-6,8-14,16-17H2,1H3,(H,22,27)(H,23,24). The van der Waals surface area contributed by atoms with Gasteiger partial charge >= 0.3 is 0 Å². The van der Waals surface area contributed by atoms with E-state index in [1.807, 2.05) is 12.1 Å². The van der Waals surface area contributed by atoms with Gasteiger partial charge in [0.2, 0.25) is 5.91 Å². The van der Waals surface area contributed by atoms with Gasteiger partial charge in [-0.05, 0) is 25.0 Å². The van der Waals surface area contributed by atoms with Crippen molar-refractivity contribution >= 4 is 11.9 Å². The van der Waals surface area contributed by atoms with Crippen molar-refractivity contribution in [3.63, 3.8) is 0 Å². The molecule has 2 fully saturated rings. The number of carbonyl (C=O) groups is 1. The topological polar surface area (TPSA) is 82.3 Å². The van der Waals surface area contributed by atoms with Gasteiger partial charge in [0.15, 0.2) is 5.96 Å². The van der Waals surface area contributed by atoms with E-state index < -0.39 is 0 Å². The van der Waals surface area contributed by atoms with Gasteiger partial charge < -0.3 is 24.7 Å². The molecule has 29 heavy (non-hydrogen) atoms. The van der Waals surface area contributed by atoms with Crippen LogP contribution in [0.3, 0.4) is 0 Å². The third-order valence-corrected chi connectivity index (χ3v) is 5.56. The average molecular weight is 406 g/mol. The first-order valence-corrected chi connectivity index (χ1v) is 10.8. The maximum absolute atomic E-state index is 12.0. The van der Waals surface area contributed by atoms with Crippen LogP contribution < -0.4 is 10.6 Å². The number of aliphatic imine (C=N–C) groups is 1. The highest BCUT2D eigenvalue weighted by molar-refractivity contribution is 5.81. The van der Waals surface area contributed by atoms with Crippen molar-refractivity contribution in [2.45, 2.75) is 38.1 Å². The number of rotatable bonds is 9. The first-order chi connectivity index (χ1) is 14.2. The lowest BCUT2D eigenvalue weighted by Crippen LogP contribution is -2.55. The zero-order chi connectivity index (χ0) is 20.3. The number of carbonyl (C=O) groups excluding carboxylic acids is 1. The van der Waals surface area contributed by atoms with Crippen LogP contribution in [0.5, 0.6) is 0 Å². The Labute approximate surface area is 173 Å². The van der Waals surface area contributed by atoms with Gasteiger partial charge in [-0.2, -0.15) is 0 Å². The van der Waals surface area contributed by atoms with Gasteiger partial charge in [-0.1, -0.05) is 12.8 Å². The molecule has 0 unspecified atom stereocenters. The van der Waals surface area contributed by atoms with E-state index in [9.17, 15) is 4.79 Å². The van der Waals surface area contributed by atoms with Gasteiger partial charge in [0.25, 0.3) is 0 Å². The lowest BCUT2D eigenvalue weighted by atomic mass is 10.2. The molecule has 3 rings (SSSR count). The molecule has 0 aromatic carbocycles. The molecule has 1 aliphatic heterocycles. The molecule has 0 bridgehead atoms. The SMILES string of the molecule is COCCNC(=O)CN1CCN(C(=NCCc2ccco2)NC2CCCC2)CC1. The molecule has 1 aromatic heterocycles. The number of piperazine rings is 1. The van der Waals surface area contributed by atoms with Crippen LogP contribution in [0.15, 0.2) is 27.8 Å². The van der Waals surface area contributed by atoms with Crippen LogP contribution in [0, 0.1) is 0 Å². The lowest BCUT2D eigenvalue weighted by Gasteiger charge is -2.37. The monoisotopic (exact) mass is 405 g/mol. The maximum atomic E-state index is 12.0. The summed E-state index contributed by atoms with van der Waals surface area (Å²) < 4.78 is 10.4. The molecule has 1 saturated heterocycles. The summed E-state index contributed by atoms with van der Waals surface area (Å²) in [5.41, 5.74) is 0. The average Bonchev–Trinajstić information content (AvgIpc) is 3.42. The van der Waals surface area contributed by atoms with E-state index in [0.29, 0.717) is 32.3 Å². The molecule has 1 aliphatic carbocycles. The largest absolute Gasteiger partial charge is 0.469 e. The fourth-order valence-electron chi connectivity index (χ4n) is 3.89. The molecule has 162 valence electrons. The van der Waals surface area contributed by atoms with Crippen molar-refractivity contribution in [3.05, 3.63) is 24.2 Å². The molecule has 0 atom stereocenters. The van der Waals surface area contributed by atoms with Crippen molar-refractivity contribution in [2.24, 2.45) is 4.99 Å². The van der Waals surface area contributed by atoms with E-state index in [1.165, 1.54) is 25.7 Å². The van der Waals surface area contributed by atoms with E-state index in [1.54, 1.807) is 13.4 Å². The Hall–Kier alpha value is -2.06. The highest BCUT2D eigenvalue weighted by atomic mass is 16.5. The van der Waals surface area contributed by atoms with Crippen LogP contribution in [0.1, 0.15) is 31.4 Å². The van der Waals surface area contributed by atoms with Gasteiger partial charge in [-0.15, -0.1) is 0 Å². The predicted octanol–water partition coefficient (Wildman–Crippen LogP) is 1.09. The molecule has 8 nitrogen and oxygen atoms in total. The summed E-state index contributed by atoms with van der Waals surface area (Å²) in [6, 6.07) is 4.44. The van der Waals surface area contributed by atoms with Crippen LogP contribution in [-0.4, -0.2) is 87.2 Å². The lowest BCUT2D eigenvalue weighted by molar-refractivity contribution is -0.122. The van der Waals surface area contributed by atoms with E-state index >= 15 is 0 Å². The summed E-state index contributed by atoms with van der Waals surface area (Å²) in [5.74, 6) is 2.04. The maximum Gasteiger partial charge on any atom is 0.234 e. The molecule has 0 radical (unpaired) electrons. The Morgan fingerprint density at radius 1 is 1.28 bits per heavy atom. The number of nitrogens with zero attached hydrogens (tertiary/aromatic N) is 3. The summed E-state index contributed by atoms with van der Waals surface area (Å²) in [5, 5.41) is 6.58. The fraction of sp³-hybridized carbons (Fsp3) is 0.714. The summed E-state index contributed by atoms with van der Waals surface area (Å²) in [7, 11) is 1.64. The van der Waals surface area contributed by atoms with Crippen LogP contribution >= 0.6 is 0 Å². The second-order valence-corrected chi connectivity index (χ2v) is 7.77. The Morgan fingerprint density at radius 3 is 2.76 bits per heavy atom. The molecule has 1 aromatic rings. The van der Waals surface area contributed by atoms with Crippen molar-refractivity contribution < 1.29 is 13.9 Å². The highest BCUT2D eigenvalue weighted by Crippen LogP contribution is 2.18. The third-order valence-electron chi connectivity index (χ3n) is 5.56. The molecule has 2 aliphatic rings. The number of ether oxygens (including phenoxy) is 1. The van der Waals surface area contributed by atoms with Crippen molar-refractivity contribution in [1.29, 1.82) is 0 Å². The van der Waals surface area contributed by atoms with E-state index in [2.05, 4.69) is 20.4 Å². The highest BCUT2D eigenvalue weighted by Gasteiger charge is 2.24. The van der Waals surface area contributed by atoms with Crippen LogP contribution in [-0.2, 0) is 16.0 Å². The minimum Gasteiger partial charge on any atom is -0.469 e. The van der Waals surface area contributed by atoms with Gasteiger partial charge in [0.05, 0.1) is 19.4 Å². The minimum atomic E-state index is 0.0620. The number of nitrogens with one attached hydrogen (secondary N) is 2. The third kappa shape index (κ3) is 7.36. The quantitative estimate of drug-likeness (QED) is 0.364. The van der Waals surface area contributed by atoms with Crippen molar-refractivity contribution in [2.75, 3.05) is 59.5 Å². The first kappa shape index (κ1) is 21.6. The molecular formula is C21H35N5O3. The summed E-state index contributed by atoms with van der Waals surface area (Å²) in [6.45, 7) is 5.75. The molecule has 1 amide bonds.